The van der Waals surface area contributed by atoms with Crippen LogP contribution in [0.4, 0.5) is 10.8 Å². The highest BCUT2D eigenvalue weighted by atomic mass is 32.2. The molecule has 0 unspecified atom stereocenters. The first-order valence-corrected chi connectivity index (χ1v) is 10.2. The zero-order chi connectivity index (χ0) is 17.3. The van der Waals surface area contributed by atoms with E-state index in [2.05, 4.69) is 36.3 Å². The number of nitrogens with one attached hydrogen (secondary N) is 1. The normalized spacial score (nSPS) is 11.5. The monoisotopic (exact) mass is 358 g/mol. The van der Waals surface area contributed by atoms with Gasteiger partial charge in [-0.2, -0.15) is 0 Å². The average molecular weight is 358 g/mol. The number of anilines is 2. The zero-order valence-electron chi connectivity index (χ0n) is 13.7. The molecule has 0 aliphatic carbocycles. The molecule has 0 amide bonds. The summed E-state index contributed by atoms with van der Waals surface area (Å²) in [5.41, 5.74) is 5.21. The van der Waals surface area contributed by atoms with Gasteiger partial charge in [0.1, 0.15) is 0 Å². The fourth-order valence-electron chi connectivity index (χ4n) is 2.28. The zero-order valence-corrected chi connectivity index (χ0v) is 15.3. The maximum Gasteiger partial charge on any atom is 0.187 e. The molecule has 1 N–H and O–H groups in total. The maximum absolute atomic E-state index is 11.5. The predicted octanol–water partition coefficient (Wildman–Crippen LogP) is 4.57. The summed E-state index contributed by atoms with van der Waals surface area (Å²) in [5.74, 6) is 0. The van der Waals surface area contributed by atoms with Crippen LogP contribution in [0, 0.1) is 13.8 Å². The van der Waals surface area contributed by atoms with E-state index in [1.54, 1.807) is 24.3 Å². The summed E-state index contributed by atoms with van der Waals surface area (Å²) >= 11 is 1.52. The molecule has 2 aromatic carbocycles. The van der Waals surface area contributed by atoms with Gasteiger partial charge in [-0.3, -0.25) is 0 Å². The molecule has 124 valence electrons. The minimum absolute atomic E-state index is 0.315. The van der Waals surface area contributed by atoms with Gasteiger partial charge in [0.15, 0.2) is 15.0 Å². The highest BCUT2D eigenvalue weighted by Gasteiger charge is 2.09. The highest BCUT2D eigenvalue weighted by molar-refractivity contribution is 7.90. The van der Waals surface area contributed by atoms with Crippen molar-refractivity contribution in [1.29, 1.82) is 0 Å². The van der Waals surface area contributed by atoms with E-state index in [0.29, 0.717) is 4.90 Å². The van der Waals surface area contributed by atoms with Crippen LogP contribution in [0.2, 0.25) is 0 Å². The van der Waals surface area contributed by atoms with Crippen LogP contribution in [0.25, 0.3) is 11.3 Å². The Kier molecular flexibility index (Phi) is 4.43. The summed E-state index contributed by atoms with van der Waals surface area (Å²) in [5, 5.41) is 6.07. The first-order valence-electron chi connectivity index (χ1n) is 7.43. The quantitative estimate of drug-likeness (QED) is 0.742. The SMILES string of the molecule is Cc1ccc(Nc2nc(-c3ccc(S(C)(=O)=O)cc3)cs2)cc1C. The number of hydrogen-bond donors (Lipinski definition) is 1. The van der Waals surface area contributed by atoms with Crippen molar-refractivity contribution in [2.45, 2.75) is 18.7 Å². The highest BCUT2D eigenvalue weighted by Crippen LogP contribution is 2.28. The number of benzene rings is 2. The Morgan fingerprint density at radius 3 is 2.33 bits per heavy atom. The number of aryl methyl sites for hydroxylation is 2. The summed E-state index contributed by atoms with van der Waals surface area (Å²) in [6, 6.07) is 13.0. The molecule has 1 aromatic heterocycles. The molecule has 6 heteroatoms. The molecule has 1 heterocycles. The van der Waals surface area contributed by atoms with E-state index in [1.807, 2.05) is 11.4 Å². The van der Waals surface area contributed by atoms with Gasteiger partial charge in [0.25, 0.3) is 0 Å². The Morgan fingerprint density at radius 2 is 1.71 bits per heavy atom. The molecule has 0 bridgehead atoms. The summed E-state index contributed by atoms with van der Waals surface area (Å²) in [7, 11) is -3.18. The maximum atomic E-state index is 11.5. The number of sulfone groups is 1. The second-order valence-corrected chi connectivity index (χ2v) is 8.63. The van der Waals surface area contributed by atoms with Crippen LogP contribution in [0.5, 0.6) is 0 Å². The van der Waals surface area contributed by atoms with Crippen molar-refractivity contribution in [2.24, 2.45) is 0 Å². The van der Waals surface area contributed by atoms with Crippen LogP contribution < -0.4 is 5.32 Å². The van der Waals surface area contributed by atoms with Crippen molar-refractivity contribution < 1.29 is 8.42 Å². The fraction of sp³-hybridized carbons (Fsp3) is 0.167. The van der Waals surface area contributed by atoms with E-state index < -0.39 is 9.84 Å². The van der Waals surface area contributed by atoms with Crippen LogP contribution in [-0.2, 0) is 9.84 Å². The minimum atomic E-state index is -3.18. The standard InChI is InChI=1S/C18H18N2O2S2/c1-12-4-7-15(10-13(12)2)19-18-20-17(11-23-18)14-5-8-16(9-6-14)24(3,21)22/h4-11H,1-3H3,(H,19,20). The number of aromatic nitrogens is 1. The van der Waals surface area contributed by atoms with Gasteiger partial charge in [0.05, 0.1) is 10.6 Å². The van der Waals surface area contributed by atoms with Gasteiger partial charge >= 0.3 is 0 Å². The molecule has 0 fully saturated rings. The van der Waals surface area contributed by atoms with Crippen molar-refractivity contribution >= 4 is 32.0 Å². The molecular weight excluding hydrogens is 340 g/mol. The molecule has 0 atom stereocenters. The summed E-state index contributed by atoms with van der Waals surface area (Å²) in [6.07, 6.45) is 1.20. The summed E-state index contributed by atoms with van der Waals surface area (Å²) in [6.45, 7) is 4.16. The van der Waals surface area contributed by atoms with Gasteiger partial charge in [-0.15, -0.1) is 11.3 Å². The number of nitrogens with zero attached hydrogens (tertiary/aromatic N) is 1. The van der Waals surface area contributed by atoms with Crippen LogP contribution in [-0.4, -0.2) is 19.7 Å². The average Bonchev–Trinajstić information content (AvgIpc) is 2.99. The molecular formula is C18H18N2O2S2. The molecule has 3 rings (SSSR count). The van der Waals surface area contributed by atoms with Gasteiger partial charge < -0.3 is 5.32 Å². The molecule has 3 aromatic rings. The van der Waals surface area contributed by atoms with Gasteiger partial charge in [0.2, 0.25) is 0 Å². The lowest BCUT2D eigenvalue weighted by molar-refractivity contribution is 0.602. The Labute approximate surface area is 146 Å². The van der Waals surface area contributed by atoms with Crippen LogP contribution in [0.3, 0.4) is 0 Å². The van der Waals surface area contributed by atoms with E-state index in [1.165, 1.54) is 28.7 Å². The van der Waals surface area contributed by atoms with E-state index in [0.717, 1.165) is 22.1 Å². The second-order valence-electron chi connectivity index (χ2n) is 5.76. The van der Waals surface area contributed by atoms with Crippen molar-refractivity contribution in [3.63, 3.8) is 0 Å². The third-order valence-electron chi connectivity index (χ3n) is 3.84. The lowest BCUT2D eigenvalue weighted by atomic mass is 10.1. The van der Waals surface area contributed by atoms with Crippen molar-refractivity contribution in [2.75, 3.05) is 11.6 Å². The van der Waals surface area contributed by atoms with E-state index in [9.17, 15) is 8.42 Å². The van der Waals surface area contributed by atoms with Crippen LogP contribution >= 0.6 is 11.3 Å². The van der Waals surface area contributed by atoms with Crippen molar-refractivity contribution in [3.8, 4) is 11.3 Å². The molecule has 0 saturated carbocycles. The van der Waals surface area contributed by atoms with Crippen molar-refractivity contribution in [3.05, 3.63) is 59.0 Å². The fourth-order valence-corrected chi connectivity index (χ4v) is 3.65. The first-order chi connectivity index (χ1) is 11.3. The topological polar surface area (TPSA) is 59.1 Å². The van der Waals surface area contributed by atoms with Crippen molar-refractivity contribution in [1.82, 2.24) is 4.98 Å². The lowest BCUT2D eigenvalue weighted by Crippen LogP contribution is -1.96. The van der Waals surface area contributed by atoms with Gasteiger partial charge in [-0.05, 0) is 49.2 Å². The van der Waals surface area contributed by atoms with Crippen LogP contribution in [0.1, 0.15) is 11.1 Å². The smallest absolute Gasteiger partial charge is 0.187 e. The minimum Gasteiger partial charge on any atom is -0.332 e. The predicted molar refractivity (Wildman–Crippen MR) is 99.9 cm³/mol. The molecule has 0 saturated heterocycles. The number of rotatable bonds is 4. The second kappa shape index (κ2) is 6.37. The van der Waals surface area contributed by atoms with Gasteiger partial charge in [0, 0.05) is 22.9 Å². The molecule has 0 spiro atoms. The molecule has 4 nitrogen and oxygen atoms in total. The Hall–Kier alpha value is -2.18. The Morgan fingerprint density at radius 1 is 1.00 bits per heavy atom. The summed E-state index contributed by atoms with van der Waals surface area (Å²) in [4.78, 5) is 4.89. The third-order valence-corrected chi connectivity index (χ3v) is 5.73. The molecule has 0 aliphatic rings. The van der Waals surface area contributed by atoms with E-state index >= 15 is 0 Å². The first kappa shape index (κ1) is 16.7. The van der Waals surface area contributed by atoms with E-state index in [-0.39, 0.29) is 0 Å². The number of hydrogen-bond acceptors (Lipinski definition) is 5. The van der Waals surface area contributed by atoms with Gasteiger partial charge in [-0.25, -0.2) is 13.4 Å². The molecule has 24 heavy (non-hydrogen) atoms. The third kappa shape index (κ3) is 3.66. The largest absolute Gasteiger partial charge is 0.332 e. The van der Waals surface area contributed by atoms with E-state index in [4.69, 9.17) is 0 Å². The van der Waals surface area contributed by atoms with Crippen LogP contribution in [0.15, 0.2) is 52.7 Å². The number of thiazole rings is 1. The Bertz CT molecular complexity index is 975. The Balaban J connectivity index is 1.81. The molecule has 0 radical (unpaired) electrons. The lowest BCUT2D eigenvalue weighted by Gasteiger charge is -2.05. The van der Waals surface area contributed by atoms with Gasteiger partial charge in [-0.1, -0.05) is 18.2 Å². The summed E-state index contributed by atoms with van der Waals surface area (Å²) < 4.78 is 23.0. The molecule has 0 aliphatic heterocycles.